The van der Waals surface area contributed by atoms with Crippen LogP contribution in [0.3, 0.4) is 0 Å². The Bertz CT molecular complexity index is 1250. The summed E-state index contributed by atoms with van der Waals surface area (Å²) < 4.78 is 20.9. The molecule has 0 saturated heterocycles. The summed E-state index contributed by atoms with van der Waals surface area (Å²) in [7, 11) is 0. The predicted molar refractivity (Wildman–Crippen MR) is 135 cm³/mol. The Morgan fingerprint density at radius 3 is 2.47 bits per heavy atom. The molecule has 2 heterocycles. The highest BCUT2D eigenvalue weighted by molar-refractivity contribution is 6.12. The highest BCUT2D eigenvalue weighted by atomic mass is 19.1. The summed E-state index contributed by atoms with van der Waals surface area (Å²) in [5.41, 5.74) is 1.10. The molecular weight excluding hydrogens is 459 g/mol. The molecule has 1 aromatic heterocycles. The van der Waals surface area contributed by atoms with Crippen molar-refractivity contribution >= 4 is 17.5 Å². The molecule has 2 aliphatic rings. The molecule has 1 saturated carbocycles. The highest BCUT2D eigenvalue weighted by Gasteiger charge is 2.49. The van der Waals surface area contributed by atoms with Crippen LogP contribution in [0.4, 0.5) is 10.1 Å². The van der Waals surface area contributed by atoms with Crippen LogP contribution in [0.15, 0.2) is 54.6 Å². The molecule has 0 radical (unpaired) electrons. The van der Waals surface area contributed by atoms with Crippen LogP contribution < -0.4 is 15.0 Å². The quantitative estimate of drug-likeness (QED) is 0.530. The van der Waals surface area contributed by atoms with Gasteiger partial charge in [0, 0.05) is 17.3 Å². The van der Waals surface area contributed by atoms with Crippen LogP contribution in [0.1, 0.15) is 56.4 Å². The van der Waals surface area contributed by atoms with Crippen molar-refractivity contribution in [2.24, 2.45) is 0 Å². The number of nitrogens with one attached hydrogen (secondary N) is 1. The lowest BCUT2D eigenvalue weighted by molar-refractivity contribution is -0.127. The van der Waals surface area contributed by atoms with Gasteiger partial charge in [-0.3, -0.25) is 19.2 Å². The summed E-state index contributed by atoms with van der Waals surface area (Å²) in [6.07, 6.45) is 5.20. The summed E-state index contributed by atoms with van der Waals surface area (Å²) >= 11 is 0. The second-order valence-electron chi connectivity index (χ2n) is 9.73. The lowest BCUT2D eigenvalue weighted by Crippen LogP contribution is -2.65. The first-order chi connectivity index (χ1) is 17.4. The molecular formula is C28H31FN4O3. The SMILES string of the molecule is CCOc1ccc(-c2cc3n(n2)C[C@@](C)(C(=O)NC2CCCCC2)N(c2ccc(F)cc2)C3=O)cc1. The van der Waals surface area contributed by atoms with Crippen molar-refractivity contribution in [1.29, 1.82) is 0 Å². The van der Waals surface area contributed by atoms with E-state index in [1.807, 2.05) is 31.2 Å². The topological polar surface area (TPSA) is 76.5 Å². The number of rotatable bonds is 6. The largest absolute Gasteiger partial charge is 0.494 e. The summed E-state index contributed by atoms with van der Waals surface area (Å²) in [6, 6.07) is 15.1. The van der Waals surface area contributed by atoms with Gasteiger partial charge in [-0.1, -0.05) is 19.3 Å². The number of ether oxygens (including phenoxy) is 1. The molecule has 2 amide bonds. The zero-order chi connectivity index (χ0) is 25.3. The van der Waals surface area contributed by atoms with Gasteiger partial charge in [0.05, 0.1) is 18.8 Å². The van der Waals surface area contributed by atoms with Crippen LogP contribution in [-0.4, -0.2) is 39.8 Å². The fourth-order valence-corrected chi connectivity index (χ4v) is 5.19. The maximum Gasteiger partial charge on any atom is 0.277 e. The third-order valence-electron chi connectivity index (χ3n) is 7.13. The maximum absolute atomic E-state index is 13.9. The first-order valence-corrected chi connectivity index (χ1v) is 12.6. The van der Waals surface area contributed by atoms with Crippen LogP contribution in [-0.2, 0) is 11.3 Å². The highest BCUT2D eigenvalue weighted by Crippen LogP contribution is 2.35. The third kappa shape index (κ3) is 4.47. The van der Waals surface area contributed by atoms with Crippen molar-refractivity contribution < 1.29 is 18.7 Å². The number of hydrogen-bond acceptors (Lipinski definition) is 4. The summed E-state index contributed by atoms with van der Waals surface area (Å²) in [4.78, 5) is 29.1. The van der Waals surface area contributed by atoms with Crippen LogP contribution in [0, 0.1) is 5.82 Å². The van der Waals surface area contributed by atoms with Gasteiger partial charge in [0.1, 0.15) is 22.8 Å². The van der Waals surface area contributed by atoms with Crippen LogP contribution in [0.25, 0.3) is 11.3 Å². The van der Waals surface area contributed by atoms with E-state index in [0.29, 0.717) is 23.7 Å². The Morgan fingerprint density at radius 1 is 1.11 bits per heavy atom. The number of halogens is 1. The summed E-state index contributed by atoms with van der Waals surface area (Å²) in [6.45, 7) is 4.44. The molecule has 0 spiro atoms. The van der Waals surface area contributed by atoms with Gasteiger partial charge in [0.25, 0.3) is 5.91 Å². The Morgan fingerprint density at radius 2 is 1.81 bits per heavy atom. The normalized spacial score (nSPS) is 20.2. The van der Waals surface area contributed by atoms with Crippen LogP contribution >= 0.6 is 0 Å². The zero-order valence-electron chi connectivity index (χ0n) is 20.7. The first-order valence-electron chi connectivity index (χ1n) is 12.6. The monoisotopic (exact) mass is 490 g/mol. The molecule has 7 nitrogen and oxygen atoms in total. The Hall–Kier alpha value is -3.68. The third-order valence-corrected chi connectivity index (χ3v) is 7.13. The van der Waals surface area contributed by atoms with Gasteiger partial charge < -0.3 is 10.1 Å². The van der Waals surface area contributed by atoms with Gasteiger partial charge in [-0.15, -0.1) is 0 Å². The Kier molecular flexibility index (Phi) is 6.51. The minimum absolute atomic E-state index is 0.0895. The van der Waals surface area contributed by atoms with Gasteiger partial charge >= 0.3 is 0 Å². The van der Waals surface area contributed by atoms with Crippen molar-refractivity contribution in [2.45, 2.75) is 64.1 Å². The van der Waals surface area contributed by atoms with E-state index in [1.54, 1.807) is 29.8 Å². The summed E-state index contributed by atoms with van der Waals surface area (Å²) in [5, 5.41) is 7.89. The van der Waals surface area contributed by atoms with Gasteiger partial charge in [-0.05, 0) is 81.3 Å². The molecule has 1 aliphatic carbocycles. The average molecular weight is 491 g/mol. The molecule has 8 heteroatoms. The second kappa shape index (κ2) is 9.76. The molecule has 2 aromatic carbocycles. The molecule has 188 valence electrons. The van der Waals surface area contributed by atoms with E-state index in [4.69, 9.17) is 9.84 Å². The summed E-state index contributed by atoms with van der Waals surface area (Å²) in [5.74, 6) is -0.218. The molecule has 1 N–H and O–H groups in total. The van der Waals surface area contributed by atoms with Crippen molar-refractivity contribution in [3.05, 3.63) is 66.1 Å². The number of fused-ring (bicyclic) bond motifs is 1. The van der Waals surface area contributed by atoms with Gasteiger partial charge in [0.2, 0.25) is 5.91 Å². The number of anilines is 1. The minimum atomic E-state index is -1.23. The van der Waals surface area contributed by atoms with Gasteiger partial charge in [-0.25, -0.2) is 4.39 Å². The van der Waals surface area contributed by atoms with Gasteiger partial charge in [0.15, 0.2) is 0 Å². The molecule has 1 aliphatic heterocycles. The first kappa shape index (κ1) is 24.0. The average Bonchev–Trinajstić information content (AvgIpc) is 3.30. The van der Waals surface area contributed by atoms with Crippen molar-refractivity contribution in [2.75, 3.05) is 11.5 Å². The smallest absolute Gasteiger partial charge is 0.277 e. The number of nitrogens with zero attached hydrogens (tertiary/aromatic N) is 3. The second-order valence-corrected chi connectivity index (χ2v) is 9.73. The zero-order valence-corrected chi connectivity index (χ0v) is 20.7. The number of benzene rings is 2. The number of carbonyl (C=O) groups excluding carboxylic acids is 2. The Balaban J connectivity index is 1.52. The van der Waals surface area contributed by atoms with Gasteiger partial charge in [-0.2, -0.15) is 5.10 Å². The Labute approximate surface area is 210 Å². The molecule has 5 rings (SSSR count). The van der Waals surface area contributed by atoms with E-state index < -0.39 is 11.4 Å². The fraction of sp³-hybridized carbons (Fsp3) is 0.393. The molecule has 36 heavy (non-hydrogen) atoms. The maximum atomic E-state index is 13.9. The standard InChI is InChI=1S/C28H31FN4O3/c1-3-36-23-15-9-19(10-16-23)24-17-25-26(34)33(22-13-11-20(29)12-14-22)28(2,18-32(25)31-24)27(35)30-21-7-5-4-6-8-21/h9-17,21H,3-8,18H2,1-2H3,(H,30,35)/t28-/m0/s1. The van der Waals surface area contributed by atoms with Crippen molar-refractivity contribution in [3.63, 3.8) is 0 Å². The van der Waals surface area contributed by atoms with E-state index in [0.717, 1.165) is 37.0 Å². The molecule has 1 atom stereocenters. The van der Waals surface area contributed by atoms with E-state index >= 15 is 0 Å². The van der Waals surface area contributed by atoms with Crippen LogP contribution in [0.5, 0.6) is 5.75 Å². The lowest BCUT2D eigenvalue weighted by atomic mass is 9.91. The minimum Gasteiger partial charge on any atom is -0.494 e. The number of hydrogen-bond donors (Lipinski definition) is 1. The number of amides is 2. The lowest BCUT2D eigenvalue weighted by Gasteiger charge is -2.44. The molecule has 1 fully saturated rings. The fourth-order valence-electron chi connectivity index (χ4n) is 5.19. The van der Waals surface area contributed by atoms with Crippen molar-refractivity contribution in [3.8, 4) is 17.0 Å². The van der Waals surface area contributed by atoms with Crippen LogP contribution in [0.2, 0.25) is 0 Å². The van der Waals surface area contributed by atoms with Crippen molar-refractivity contribution in [1.82, 2.24) is 15.1 Å². The predicted octanol–water partition coefficient (Wildman–Crippen LogP) is 4.96. The molecule has 0 bridgehead atoms. The van der Waals surface area contributed by atoms with E-state index in [2.05, 4.69) is 5.32 Å². The van der Waals surface area contributed by atoms with E-state index in [1.165, 1.54) is 23.5 Å². The number of aromatic nitrogens is 2. The molecule has 3 aromatic rings. The van der Waals surface area contributed by atoms with E-state index in [9.17, 15) is 14.0 Å². The van der Waals surface area contributed by atoms with E-state index in [-0.39, 0.29) is 24.4 Å². The molecule has 0 unspecified atom stereocenters. The number of carbonyl (C=O) groups is 2.